The Morgan fingerprint density at radius 1 is 1.16 bits per heavy atom. The van der Waals surface area contributed by atoms with Crippen LogP contribution in [0.2, 0.25) is 0 Å². The summed E-state index contributed by atoms with van der Waals surface area (Å²) in [6.45, 7) is 2.62. The van der Waals surface area contributed by atoms with Crippen LogP contribution in [0.3, 0.4) is 0 Å². The number of thiophene rings is 1. The molecule has 1 aliphatic heterocycles. The third-order valence-corrected chi connectivity index (χ3v) is 8.40. The number of nitrogens with zero attached hydrogens (tertiary/aromatic N) is 3. The number of urea groups is 1. The quantitative estimate of drug-likeness (QED) is 0.669. The van der Waals surface area contributed by atoms with Crippen LogP contribution in [0.25, 0.3) is 10.2 Å². The average Bonchev–Trinajstić information content (AvgIpc) is 3.47. The van der Waals surface area contributed by atoms with E-state index in [1.54, 1.807) is 11.3 Å². The van der Waals surface area contributed by atoms with E-state index >= 15 is 0 Å². The standard InChI is InChI=1S/C23H31N5O3S/c1-14-18-11-19(32-22(18)28(26-14)17-5-3-2-4-6-17)21(30)25-16-9-7-15(8-10-16)13-27-20(29)12-24-23(27)31/h11,15-17H,2-10,12-13H2,1H3,(H,24,31)(H,25,30)/t15-,16-. The van der Waals surface area contributed by atoms with Gasteiger partial charge in [-0.25, -0.2) is 4.79 Å². The van der Waals surface area contributed by atoms with Crippen LogP contribution in [-0.4, -0.2) is 51.7 Å². The summed E-state index contributed by atoms with van der Waals surface area (Å²) in [6.07, 6.45) is 9.72. The van der Waals surface area contributed by atoms with Crippen molar-refractivity contribution < 1.29 is 14.4 Å². The lowest BCUT2D eigenvalue weighted by Gasteiger charge is -2.30. The van der Waals surface area contributed by atoms with E-state index in [-0.39, 0.29) is 30.4 Å². The van der Waals surface area contributed by atoms with Crippen LogP contribution >= 0.6 is 11.3 Å². The van der Waals surface area contributed by atoms with Crippen molar-refractivity contribution in [3.63, 3.8) is 0 Å². The number of aromatic nitrogens is 2. The molecule has 3 heterocycles. The smallest absolute Gasteiger partial charge is 0.324 e. The molecule has 3 fully saturated rings. The molecule has 5 rings (SSSR count). The van der Waals surface area contributed by atoms with Crippen LogP contribution in [0.5, 0.6) is 0 Å². The maximum Gasteiger partial charge on any atom is 0.324 e. The normalized spacial score (nSPS) is 24.8. The van der Waals surface area contributed by atoms with Gasteiger partial charge in [-0.2, -0.15) is 5.10 Å². The zero-order chi connectivity index (χ0) is 22.2. The number of amides is 4. The predicted molar refractivity (Wildman–Crippen MR) is 123 cm³/mol. The maximum absolute atomic E-state index is 13.0. The van der Waals surface area contributed by atoms with Gasteiger partial charge in [-0.1, -0.05) is 19.3 Å². The Morgan fingerprint density at radius 2 is 1.91 bits per heavy atom. The molecular weight excluding hydrogens is 426 g/mol. The summed E-state index contributed by atoms with van der Waals surface area (Å²) in [5, 5.41) is 11.7. The molecule has 0 atom stereocenters. The van der Waals surface area contributed by atoms with Gasteiger partial charge in [0.2, 0.25) is 5.91 Å². The van der Waals surface area contributed by atoms with Crippen LogP contribution in [0, 0.1) is 12.8 Å². The summed E-state index contributed by atoms with van der Waals surface area (Å²) in [7, 11) is 0. The first-order valence-electron chi connectivity index (χ1n) is 11.9. The van der Waals surface area contributed by atoms with Crippen LogP contribution in [0.15, 0.2) is 6.07 Å². The fraction of sp³-hybridized carbons (Fsp3) is 0.652. The van der Waals surface area contributed by atoms with Crippen molar-refractivity contribution in [1.82, 2.24) is 25.3 Å². The molecule has 172 valence electrons. The van der Waals surface area contributed by atoms with Gasteiger partial charge in [0, 0.05) is 18.0 Å². The lowest BCUT2D eigenvalue weighted by molar-refractivity contribution is -0.125. The molecule has 2 saturated carbocycles. The van der Waals surface area contributed by atoms with Crippen molar-refractivity contribution in [2.75, 3.05) is 13.1 Å². The zero-order valence-electron chi connectivity index (χ0n) is 18.6. The molecule has 9 heteroatoms. The largest absolute Gasteiger partial charge is 0.349 e. The number of nitrogens with one attached hydrogen (secondary N) is 2. The molecule has 2 aliphatic carbocycles. The molecule has 1 saturated heterocycles. The molecule has 0 unspecified atom stereocenters. The average molecular weight is 458 g/mol. The molecule has 0 radical (unpaired) electrons. The Bertz CT molecular complexity index is 1010. The fourth-order valence-corrected chi connectivity index (χ4v) is 6.54. The van der Waals surface area contributed by atoms with Crippen molar-refractivity contribution >= 4 is 39.4 Å². The first-order valence-corrected chi connectivity index (χ1v) is 12.7. The highest BCUT2D eigenvalue weighted by atomic mass is 32.1. The van der Waals surface area contributed by atoms with E-state index in [1.807, 2.05) is 13.0 Å². The van der Waals surface area contributed by atoms with E-state index in [1.165, 1.54) is 37.0 Å². The summed E-state index contributed by atoms with van der Waals surface area (Å²) < 4.78 is 2.17. The predicted octanol–water partition coefficient (Wildman–Crippen LogP) is 3.75. The first kappa shape index (κ1) is 21.4. The number of hydrogen-bond donors (Lipinski definition) is 2. The number of rotatable bonds is 5. The molecule has 32 heavy (non-hydrogen) atoms. The highest BCUT2D eigenvalue weighted by Crippen LogP contribution is 2.35. The molecule has 3 aliphatic rings. The number of imide groups is 1. The summed E-state index contributed by atoms with van der Waals surface area (Å²) >= 11 is 1.56. The second-order valence-corrected chi connectivity index (χ2v) is 10.5. The van der Waals surface area contributed by atoms with Gasteiger partial charge in [0.1, 0.15) is 4.83 Å². The molecule has 2 N–H and O–H groups in total. The van der Waals surface area contributed by atoms with Crippen LogP contribution < -0.4 is 10.6 Å². The molecule has 0 bridgehead atoms. The molecule has 0 aromatic carbocycles. The van der Waals surface area contributed by atoms with Crippen molar-refractivity contribution in [3.8, 4) is 0 Å². The summed E-state index contributed by atoms with van der Waals surface area (Å²) in [6, 6.07) is 2.31. The summed E-state index contributed by atoms with van der Waals surface area (Å²) in [5.74, 6) is 0.167. The SMILES string of the molecule is Cc1nn(C2CCCCC2)c2sc(C(=O)N[C@H]3CC[C@H](CN4C(=O)CNC4=O)CC3)cc12. The third kappa shape index (κ3) is 4.14. The van der Waals surface area contributed by atoms with E-state index in [0.717, 1.165) is 46.5 Å². The number of fused-ring (bicyclic) bond motifs is 1. The van der Waals surface area contributed by atoms with Gasteiger partial charge in [0.05, 0.1) is 23.2 Å². The van der Waals surface area contributed by atoms with Crippen molar-refractivity contribution in [2.45, 2.75) is 76.8 Å². The number of carbonyl (C=O) groups is 3. The van der Waals surface area contributed by atoms with Crippen LogP contribution in [-0.2, 0) is 4.79 Å². The zero-order valence-corrected chi connectivity index (χ0v) is 19.4. The van der Waals surface area contributed by atoms with Crippen molar-refractivity contribution in [3.05, 3.63) is 16.6 Å². The number of carbonyl (C=O) groups excluding carboxylic acids is 3. The number of hydrogen-bond acceptors (Lipinski definition) is 5. The van der Waals surface area contributed by atoms with Crippen molar-refractivity contribution in [1.29, 1.82) is 0 Å². The van der Waals surface area contributed by atoms with E-state index < -0.39 is 0 Å². The Kier molecular flexibility index (Phi) is 5.92. The number of aryl methyl sites for hydroxylation is 1. The molecule has 2 aromatic heterocycles. The van der Waals surface area contributed by atoms with Crippen molar-refractivity contribution in [2.24, 2.45) is 5.92 Å². The Balaban J connectivity index is 1.19. The monoisotopic (exact) mass is 457 g/mol. The second-order valence-electron chi connectivity index (χ2n) is 9.51. The van der Waals surface area contributed by atoms with Gasteiger partial charge in [-0.3, -0.25) is 19.2 Å². The minimum Gasteiger partial charge on any atom is -0.349 e. The molecule has 0 spiro atoms. The Labute approximate surface area is 191 Å². The third-order valence-electron chi connectivity index (χ3n) is 7.27. The lowest BCUT2D eigenvalue weighted by Crippen LogP contribution is -2.41. The van der Waals surface area contributed by atoms with Gasteiger partial charge in [0.25, 0.3) is 5.91 Å². The minimum atomic E-state index is -0.280. The van der Waals surface area contributed by atoms with Gasteiger partial charge in [-0.15, -0.1) is 11.3 Å². The topological polar surface area (TPSA) is 96.3 Å². The molecule has 4 amide bonds. The molecular formula is C23H31N5O3S. The maximum atomic E-state index is 13.0. The van der Waals surface area contributed by atoms with E-state index in [2.05, 4.69) is 15.3 Å². The van der Waals surface area contributed by atoms with Gasteiger partial charge < -0.3 is 10.6 Å². The summed E-state index contributed by atoms with van der Waals surface area (Å²) in [5.41, 5.74) is 1.00. The summed E-state index contributed by atoms with van der Waals surface area (Å²) in [4.78, 5) is 39.8. The van der Waals surface area contributed by atoms with E-state index in [9.17, 15) is 14.4 Å². The highest BCUT2D eigenvalue weighted by Gasteiger charge is 2.32. The lowest BCUT2D eigenvalue weighted by atomic mass is 9.85. The first-order chi connectivity index (χ1) is 15.5. The van der Waals surface area contributed by atoms with E-state index in [4.69, 9.17) is 5.10 Å². The highest BCUT2D eigenvalue weighted by molar-refractivity contribution is 7.20. The van der Waals surface area contributed by atoms with Crippen LogP contribution in [0.1, 0.15) is 79.2 Å². The second kappa shape index (κ2) is 8.84. The van der Waals surface area contributed by atoms with Gasteiger partial charge in [0.15, 0.2) is 0 Å². The Morgan fingerprint density at radius 3 is 2.59 bits per heavy atom. The minimum absolute atomic E-state index is 0.00153. The van der Waals surface area contributed by atoms with E-state index in [0.29, 0.717) is 18.5 Å². The molecule has 8 nitrogen and oxygen atoms in total. The Hall–Kier alpha value is -2.42. The van der Waals surface area contributed by atoms with Gasteiger partial charge >= 0.3 is 6.03 Å². The van der Waals surface area contributed by atoms with Crippen LogP contribution in [0.4, 0.5) is 4.79 Å². The molecule has 2 aromatic rings. The fourth-order valence-electron chi connectivity index (χ4n) is 5.40. The van der Waals surface area contributed by atoms with Gasteiger partial charge in [-0.05, 0) is 57.4 Å².